The Morgan fingerprint density at radius 1 is 2.00 bits per heavy atom. The average Bonchev–Trinajstić information content (AvgIpc) is 1.83. The Morgan fingerprint density at radius 3 is 2.89 bits per heavy atom. The van der Waals surface area contributed by atoms with Crippen molar-refractivity contribution < 1.29 is 14.6 Å². The van der Waals surface area contributed by atoms with Crippen LogP contribution < -0.4 is 0 Å². The second-order valence-corrected chi connectivity index (χ2v) is 1.61. The lowest BCUT2D eigenvalue weighted by Gasteiger charge is -2.03. The average molecular weight is 130 g/mol. The summed E-state index contributed by atoms with van der Waals surface area (Å²) in [6.07, 6.45) is 0.567. The quantitative estimate of drug-likeness (QED) is 0.435. The number of carbonyl (C=O) groups is 1. The van der Waals surface area contributed by atoms with Crippen LogP contribution in [-0.4, -0.2) is 23.8 Å². The van der Waals surface area contributed by atoms with Crippen LogP contribution in [-0.2, 0) is 9.53 Å². The van der Waals surface area contributed by atoms with E-state index in [9.17, 15) is 4.79 Å². The number of ether oxygens (including phenoxy) is 1. The molecule has 1 atom stereocenters. The Labute approximate surface area is 53.9 Å². The molecule has 0 fully saturated rings. The molecule has 3 heteroatoms. The summed E-state index contributed by atoms with van der Waals surface area (Å²) < 4.78 is 4.43. The van der Waals surface area contributed by atoms with Crippen molar-refractivity contribution in [2.45, 2.75) is 13.0 Å². The van der Waals surface area contributed by atoms with Crippen molar-refractivity contribution in [2.75, 3.05) is 6.61 Å². The van der Waals surface area contributed by atoms with Crippen LogP contribution in [0.4, 0.5) is 0 Å². The van der Waals surface area contributed by atoms with Crippen molar-refractivity contribution in [3.63, 3.8) is 0 Å². The summed E-state index contributed by atoms with van der Waals surface area (Å²) in [5, 5.41) is 8.71. The van der Waals surface area contributed by atoms with Gasteiger partial charge in [-0.15, -0.1) is 6.58 Å². The van der Waals surface area contributed by atoms with E-state index in [1.807, 2.05) is 0 Å². The van der Waals surface area contributed by atoms with Gasteiger partial charge in [-0.3, -0.25) is 4.79 Å². The van der Waals surface area contributed by atoms with Gasteiger partial charge in [0.2, 0.25) is 0 Å². The molecular weight excluding hydrogens is 120 g/mol. The summed E-state index contributed by atoms with van der Waals surface area (Å²) in [4.78, 5) is 10.1. The highest BCUT2D eigenvalue weighted by molar-refractivity contribution is 5.65. The fourth-order valence-corrected chi connectivity index (χ4v) is 0.271. The predicted octanol–water partition coefficient (Wildman–Crippen LogP) is 0.0964. The number of rotatable bonds is 3. The molecule has 0 rings (SSSR count). The summed E-state index contributed by atoms with van der Waals surface area (Å²) in [6.45, 7) is 4.58. The smallest absolute Gasteiger partial charge is 0.302 e. The standard InChI is InChI=1S/C6H10O3/c1-3-6(8)4-9-5(2)7/h3,6,8H,1,4H2,2H3/t6-/m0/s1. The summed E-state index contributed by atoms with van der Waals surface area (Å²) >= 11 is 0. The summed E-state index contributed by atoms with van der Waals surface area (Å²) in [5.74, 6) is -0.393. The maximum Gasteiger partial charge on any atom is 0.302 e. The zero-order valence-electron chi connectivity index (χ0n) is 5.33. The SMILES string of the molecule is C=C[C@H](O)COC(C)=O. The van der Waals surface area contributed by atoms with E-state index in [0.717, 1.165) is 0 Å². The molecule has 0 bridgehead atoms. The van der Waals surface area contributed by atoms with Crippen LogP contribution in [0.15, 0.2) is 12.7 Å². The fourth-order valence-electron chi connectivity index (χ4n) is 0.271. The fraction of sp³-hybridized carbons (Fsp3) is 0.500. The van der Waals surface area contributed by atoms with Gasteiger partial charge in [-0.2, -0.15) is 0 Å². The first-order valence-corrected chi connectivity index (χ1v) is 2.60. The molecular formula is C6H10O3. The predicted molar refractivity (Wildman–Crippen MR) is 32.8 cm³/mol. The van der Waals surface area contributed by atoms with E-state index in [4.69, 9.17) is 5.11 Å². The van der Waals surface area contributed by atoms with Gasteiger partial charge in [-0.25, -0.2) is 0 Å². The number of esters is 1. The third kappa shape index (κ3) is 5.03. The van der Waals surface area contributed by atoms with Crippen LogP contribution in [0.25, 0.3) is 0 Å². The van der Waals surface area contributed by atoms with E-state index in [-0.39, 0.29) is 6.61 Å². The molecule has 0 aromatic carbocycles. The first kappa shape index (κ1) is 8.17. The van der Waals surface area contributed by atoms with Crippen LogP contribution in [0.1, 0.15) is 6.92 Å². The Bertz CT molecular complexity index is 109. The molecule has 0 radical (unpaired) electrons. The van der Waals surface area contributed by atoms with Crippen LogP contribution in [0.3, 0.4) is 0 Å². The van der Waals surface area contributed by atoms with E-state index < -0.39 is 12.1 Å². The Hall–Kier alpha value is -0.830. The second-order valence-electron chi connectivity index (χ2n) is 1.61. The van der Waals surface area contributed by atoms with Gasteiger partial charge in [-0.1, -0.05) is 6.08 Å². The van der Waals surface area contributed by atoms with E-state index in [0.29, 0.717) is 0 Å². The molecule has 0 amide bonds. The van der Waals surface area contributed by atoms with Gasteiger partial charge in [0.05, 0.1) is 0 Å². The van der Waals surface area contributed by atoms with Gasteiger partial charge in [0.15, 0.2) is 0 Å². The highest BCUT2D eigenvalue weighted by Gasteiger charge is 1.98. The first-order valence-electron chi connectivity index (χ1n) is 2.60. The lowest BCUT2D eigenvalue weighted by molar-refractivity contribution is -0.143. The molecule has 0 aliphatic carbocycles. The normalized spacial score (nSPS) is 12.2. The van der Waals surface area contributed by atoms with Crippen LogP contribution in [0.5, 0.6) is 0 Å². The lowest BCUT2D eigenvalue weighted by Crippen LogP contribution is -2.13. The largest absolute Gasteiger partial charge is 0.463 e. The maximum absolute atomic E-state index is 10.1. The van der Waals surface area contributed by atoms with E-state index in [1.54, 1.807) is 0 Å². The highest BCUT2D eigenvalue weighted by atomic mass is 16.5. The molecule has 0 heterocycles. The van der Waals surface area contributed by atoms with Gasteiger partial charge in [0.1, 0.15) is 12.7 Å². The van der Waals surface area contributed by atoms with Crippen molar-refractivity contribution in [3.05, 3.63) is 12.7 Å². The van der Waals surface area contributed by atoms with Gasteiger partial charge in [0.25, 0.3) is 0 Å². The van der Waals surface area contributed by atoms with Crippen LogP contribution in [0, 0.1) is 0 Å². The van der Waals surface area contributed by atoms with Crippen molar-refractivity contribution in [3.8, 4) is 0 Å². The molecule has 1 N–H and O–H groups in total. The third-order valence-corrected chi connectivity index (χ3v) is 0.729. The van der Waals surface area contributed by atoms with E-state index in [2.05, 4.69) is 11.3 Å². The van der Waals surface area contributed by atoms with Crippen molar-refractivity contribution >= 4 is 5.97 Å². The monoisotopic (exact) mass is 130 g/mol. The van der Waals surface area contributed by atoms with Crippen molar-refractivity contribution in [1.29, 1.82) is 0 Å². The van der Waals surface area contributed by atoms with Crippen molar-refractivity contribution in [2.24, 2.45) is 0 Å². The maximum atomic E-state index is 10.1. The molecule has 3 nitrogen and oxygen atoms in total. The molecule has 52 valence electrons. The zero-order valence-corrected chi connectivity index (χ0v) is 5.33. The van der Waals surface area contributed by atoms with Gasteiger partial charge < -0.3 is 9.84 Å². The lowest BCUT2D eigenvalue weighted by atomic mass is 10.4. The Morgan fingerprint density at radius 2 is 2.56 bits per heavy atom. The van der Waals surface area contributed by atoms with Gasteiger partial charge in [0, 0.05) is 6.92 Å². The molecule has 0 aliphatic rings. The van der Waals surface area contributed by atoms with Crippen LogP contribution >= 0.6 is 0 Å². The molecule has 0 saturated heterocycles. The van der Waals surface area contributed by atoms with E-state index >= 15 is 0 Å². The minimum absolute atomic E-state index is 0.00116. The number of hydrogen-bond donors (Lipinski definition) is 1. The summed E-state index contributed by atoms with van der Waals surface area (Å²) in [5.41, 5.74) is 0. The van der Waals surface area contributed by atoms with E-state index in [1.165, 1.54) is 13.0 Å². The summed E-state index contributed by atoms with van der Waals surface area (Å²) in [6, 6.07) is 0. The highest BCUT2D eigenvalue weighted by Crippen LogP contribution is 1.85. The molecule has 9 heavy (non-hydrogen) atoms. The first-order chi connectivity index (χ1) is 4.16. The zero-order chi connectivity index (χ0) is 7.28. The minimum atomic E-state index is -0.742. The summed E-state index contributed by atoms with van der Waals surface area (Å²) in [7, 11) is 0. The molecule has 0 unspecified atom stereocenters. The Balaban J connectivity index is 3.26. The number of hydrogen-bond acceptors (Lipinski definition) is 3. The Kier molecular flexibility index (Phi) is 3.71. The molecule has 0 aliphatic heterocycles. The molecule has 0 aromatic heterocycles. The van der Waals surface area contributed by atoms with Gasteiger partial charge >= 0.3 is 5.97 Å². The minimum Gasteiger partial charge on any atom is -0.463 e. The number of carbonyl (C=O) groups excluding carboxylic acids is 1. The second kappa shape index (κ2) is 4.09. The van der Waals surface area contributed by atoms with Crippen LogP contribution in [0.2, 0.25) is 0 Å². The van der Waals surface area contributed by atoms with Crippen molar-refractivity contribution in [1.82, 2.24) is 0 Å². The molecule has 0 saturated carbocycles. The van der Waals surface area contributed by atoms with Gasteiger partial charge in [-0.05, 0) is 0 Å². The molecule has 0 spiro atoms. The number of aliphatic hydroxyl groups is 1. The molecule has 0 aromatic rings. The third-order valence-electron chi connectivity index (χ3n) is 0.729. The topological polar surface area (TPSA) is 46.5 Å². The number of aliphatic hydroxyl groups excluding tert-OH is 1.